The van der Waals surface area contributed by atoms with Crippen molar-refractivity contribution < 1.29 is 4.79 Å². The van der Waals surface area contributed by atoms with Gasteiger partial charge >= 0.3 is 0 Å². The van der Waals surface area contributed by atoms with Crippen LogP contribution in [0.1, 0.15) is 31.2 Å². The molecule has 0 aliphatic heterocycles. The van der Waals surface area contributed by atoms with Gasteiger partial charge in [0.1, 0.15) is 0 Å². The third-order valence-electron chi connectivity index (χ3n) is 4.42. The molecule has 96 valence electrons. The largest absolute Gasteiger partial charge is 0.326 e. The van der Waals surface area contributed by atoms with Crippen molar-refractivity contribution in [2.75, 3.05) is 5.32 Å². The maximum absolute atomic E-state index is 12.3. The van der Waals surface area contributed by atoms with Crippen molar-refractivity contribution in [1.82, 2.24) is 0 Å². The topological polar surface area (TPSA) is 29.1 Å². The van der Waals surface area contributed by atoms with Crippen LogP contribution in [0.4, 0.5) is 5.69 Å². The lowest BCUT2D eigenvalue weighted by Gasteiger charge is -2.20. The van der Waals surface area contributed by atoms with Crippen LogP contribution in [0.25, 0.3) is 0 Å². The van der Waals surface area contributed by atoms with Gasteiger partial charge in [-0.25, -0.2) is 0 Å². The van der Waals surface area contributed by atoms with Crippen LogP contribution in [0, 0.1) is 17.8 Å². The minimum Gasteiger partial charge on any atom is -0.326 e. The number of carbonyl (C=O) groups excluding carboxylic acids is 1. The van der Waals surface area contributed by atoms with E-state index in [1.165, 1.54) is 24.8 Å². The normalized spacial score (nSPS) is 29.5. The van der Waals surface area contributed by atoms with Crippen LogP contribution in [-0.4, -0.2) is 5.91 Å². The van der Waals surface area contributed by atoms with E-state index in [0.717, 1.165) is 23.4 Å². The third-order valence-corrected chi connectivity index (χ3v) is 5.07. The van der Waals surface area contributed by atoms with E-state index in [1.54, 1.807) is 0 Å². The van der Waals surface area contributed by atoms with Crippen molar-refractivity contribution in [3.8, 4) is 0 Å². The van der Waals surface area contributed by atoms with Crippen LogP contribution in [0.5, 0.6) is 0 Å². The monoisotopic (exact) mass is 307 g/mol. The zero-order valence-electron chi connectivity index (χ0n) is 10.4. The molecule has 2 aliphatic rings. The SMILES string of the molecule is O=C(Nc1cccc(CBr)c1)C1CC2CCC1C2. The van der Waals surface area contributed by atoms with Crippen LogP contribution in [0.3, 0.4) is 0 Å². The molecule has 2 bridgehead atoms. The average molecular weight is 308 g/mol. The zero-order chi connectivity index (χ0) is 12.5. The Bertz CT molecular complexity index is 460. The number of halogens is 1. The fraction of sp³-hybridized carbons (Fsp3) is 0.533. The van der Waals surface area contributed by atoms with Gasteiger partial charge in [0.05, 0.1) is 0 Å². The number of hydrogen-bond acceptors (Lipinski definition) is 1. The fourth-order valence-corrected chi connectivity index (χ4v) is 3.88. The molecule has 1 aromatic carbocycles. The Labute approximate surface area is 116 Å². The van der Waals surface area contributed by atoms with Crippen LogP contribution < -0.4 is 5.32 Å². The number of alkyl halides is 1. The number of carbonyl (C=O) groups is 1. The quantitative estimate of drug-likeness (QED) is 0.842. The summed E-state index contributed by atoms with van der Waals surface area (Å²) in [7, 11) is 0. The molecular formula is C15H18BrNO. The van der Waals surface area contributed by atoms with Gasteiger partial charge in [0.2, 0.25) is 5.91 Å². The molecule has 0 saturated heterocycles. The third kappa shape index (κ3) is 2.33. The molecule has 1 aromatic rings. The molecule has 3 unspecified atom stereocenters. The second-order valence-electron chi connectivity index (χ2n) is 5.60. The number of anilines is 1. The minimum atomic E-state index is 0.230. The molecule has 2 fully saturated rings. The Kier molecular flexibility index (Phi) is 3.42. The van der Waals surface area contributed by atoms with E-state index in [-0.39, 0.29) is 11.8 Å². The first-order valence-corrected chi connectivity index (χ1v) is 7.84. The van der Waals surface area contributed by atoms with Gasteiger partial charge in [-0.2, -0.15) is 0 Å². The highest BCUT2D eigenvalue weighted by atomic mass is 79.9. The highest BCUT2D eigenvalue weighted by Crippen LogP contribution is 2.48. The summed E-state index contributed by atoms with van der Waals surface area (Å²) in [6.07, 6.45) is 4.98. The zero-order valence-corrected chi connectivity index (χ0v) is 11.9. The summed E-state index contributed by atoms with van der Waals surface area (Å²) in [5.41, 5.74) is 2.13. The number of amides is 1. The summed E-state index contributed by atoms with van der Waals surface area (Å²) in [5, 5.41) is 3.91. The Morgan fingerprint density at radius 3 is 2.89 bits per heavy atom. The molecule has 0 aromatic heterocycles. The number of hydrogen-bond donors (Lipinski definition) is 1. The van der Waals surface area contributed by atoms with E-state index in [4.69, 9.17) is 0 Å². The second kappa shape index (κ2) is 5.04. The van der Waals surface area contributed by atoms with Gasteiger partial charge < -0.3 is 5.32 Å². The lowest BCUT2D eigenvalue weighted by atomic mass is 9.88. The second-order valence-corrected chi connectivity index (χ2v) is 6.17. The molecule has 2 nitrogen and oxygen atoms in total. The van der Waals surface area contributed by atoms with Crippen molar-refractivity contribution in [3.05, 3.63) is 29.8 Å². The van der Waals surface area contributed by atoms with E-state index in [1.807, 2.05) is 18.2 Å². The van der Waals surface area contributed by atoms with Crippen molar-refractivity contribution in [2.45, 2.75) is 31.0 Å². The maximum Gasteiger partial charge on any atom is 0.227 e. The van der Waals surface area contributed by atoms with E-state index in [9.17, 15) is 4.79 Å². The summed E-state index contributed by atoms with van der Waals surface area (Å²) in [5.74, 6) is 1.96. The first kappa shape index (κ1) is 12.2. The predicted octanol–water partition coefficient (Wildman–Crippen LogP) is 3.96. The molecule has 3 rings (SSSR count). The Morgan fingerprint density at radius 2 is 2.22 bits per heavy atom. The van der Waals surface area contributed by atoms with Crippen LogP contribution in [-0.2, 0) is 10.1 Å². The summed E-state index contributed by atoms with van der Waals surface area (Å²) in [4.78, 5) is 12.3. The van der Waals surface area contributed by atoms with Crippen molar-refractivity contribution in [2.24, 2.45) is 17.8 Å². The Balaban J connectivity index is 1.67. The molecule has 0 radical (unpaired) electrons. The summed E-state index contributed by atoms with van der Waals surface area (Å²) in [6.45, 7) is 0. The van der Waals surface area contributed by atoms with Gasteiger partial charge in [-0.1, -0.05) is 34.5 Å². The van der Waals surface area contributed by atoms with E-state index >= 15 is 0 Å². The van der Waals surface area contributed by atoms with Gasteiger partial charge in [0.25, 0.3) is 0 Å². The molecule has 18 heavy (non-hydrogen) atoms. The van der Waals surface area contributed by atoms with Crippen LogP contribution in [0.2, 0.25) is 0 Å². The molecule has 1 N–H and O–H groups in total. The Hall–Kier alpha value is -0.830. The molecule has 0 heterocycles. The standard InChI is InChI=1S/C15H18BrNO/c16-9-11-2-1-3-13(7-11)17-15(18)14-8-10-4-5-12(14)6-10/h1-3,7,10,12,14H,4-6,8-9H2,(H,17,18). The van der Waals surface area contributed by atoms with E-state index in [2.05, 4.69) is 27.3 Å². The first-order valence-electron chi connectivity index (χ1n) is 6.72. The number of rotatable bonds is 3. The molecular weight excluding hydrogens is 290 g/mol. The van der Waals surface area contributed by atoms with E-state index < -0.39 is 0 Å². The lowest BCUT2D eigenvalue weighted by molar-refractivity contribution is -0.121. The average Bonchev–Trinajstić information content (AvgIpc) is 3.01. The summed E-state index contributed by atoms with van der Waals surface area (Å²) in [6, 6.07) is 8.06. The van der Waals surface area contributed by atoms with Gasteiger partial charge in [0.15, 0.2) is 0 Å². The van der Waals surface area contributed by atoms with Crippen LogP contribution in [0.15, 0.2) is 24.3 Å². The summed E-state index contributed by atoms with van der Waals surface area (Å²) >= 11 is 3.44. The van der Waals surface area contributed by atoms with Gasteiger partial charge in [0, 0.05) is 16.9 Å². The Morgan fingerprint density at radius 1 is 1.33 bits per heavy atom. The lowest BCUT2D eigenvalue weighted by Crippen LogP contribution is -2.27. The number of fused-ring (bicyclic) bond motifs is 2. The fourth-order valence-electron chi connectivity index (χ4n) is 3.53. The minimum absolute atomic E-state index is 0.230. The molecule has 3 heteroatoms. The molecule has 0 spiro atoms. The highest BCUT2D eigenvalue weighted by Gasteiger charge is 2.42. The maximum atomic E-state index is 12.3. The molecule has 3 atom stereocenters. The van der Waals surface area contributed by atoms with Gasteiger partial charge in [-0.15, -0.1) is 0 Å². The molecule has 2 saturated carbocycles. The highest BCUT2D eigenvalue weighted by molar-refractivity contribution is 9.08. The number of benzene rings is 1. The number of nitrogens with one attached hydrogen (secondary N) is 1. The van der Waals surface area contributed by atoms with Crippen LogP contribution >= 0.6 is 15.9 Å². The smallest absolute Gasteiger partial charge is 0.227 e. The molecule has 2 aliphatic carbocycles. The van der Waals surface area contributed by atoms with Crippen molar-refractivity contribution in [3.63, 3.8) is 0 Å². The van der Waals surface area contributed by atoms with Gasteiger partial charge in [-0.05, 0) is 48.8 Å². The predicted molar refractivity (Wildman–Crippen MR) is 76.6 cm³/mol. The van der Waals surface area contributed by atoms with Crippen molar-refractivity contribution >= 4 is 27.5 Å². The van der Waals surface area contributed by atoms with Crippen molar-refractivity contribution in [1.29, 1.82) is 0 Å². The van der Waals surface area contributed by atoms with E-state index in [0.29, 0.717) is 5.92 Å². The van der Waals surface area contributed by atoms with Gasteiger partial charge in [-0.3, -0.25) is 4.79 Å². The molecule has 1 amide bonds. The summed E-state index contributed by atoms with van der Waals surface area (Å²) < 4.78 is 0. The first-order chi connectivity index (χ1) is 8.76.